The zero-order valence-corrected chi connectivity index (χ0v) is 14.4. The molecular formula is C20H19N3O3. The Morgan fingerprint density at radius 1 is 1.15 bits per heavy atom. The number of carbonyl (C=O) groups excluding carboxylic acids is 3. The maximum Gasteiger partial charge on any atom is 0.255 e. The van der Waals surface area contributed by atoms with E-state index in [1.54, 1.807) is 36.4 Å². The van der Waals surface area contributed by atoms with Crippen LogP contribution in [0, 0.1) is 0 Å². The second-order valence-corrected chi connectivity index (χ2v) is 6.66. The van der Waals surface area contributed by atoms with Gasteiger partial charge in [0.2, 0.25) is 5.91 Å². The quantitative estimate of drug-likeness (QED) is 0.835. The Kier molecular flexibility index (Phi) is 3.95. The van der Waals surface area contributed by atoms with E-state index in [-0.39, 0.29) is 23.6 Å². The molecule has 1 atom stereocenters. The van der Waals surface area contributed by atoms with E-state index < -0.39 is 0 Å². The van der Waals surface area contributed by atoms with Crippen LogP contribution < -0.4 is 15.5 Å². The molecule has 2 aliphatic rings. The second kappa shape index (κ2) is 6.29. The molecule has 0 radical (unpaired) electrons. The first-order chi connectivity index (χ1) is 12.5. The average Bonchev–Trinajstić information content (AvgIpc) is 3.12. The number of nitrogens with zero attached hydrogens (tertiary/aromatic N) is 1. The average molecular weight is 349 g/mol. The van der Waals surface area contributed by atoms with E-state index in [1.165, 1.54) is 6.92 Å². The lowest BCUT2D eigenvalue weighted by atomic mass is 10.1. The Balaban J connectivity index is 1.58. The molecule has 2 heterocycles. The van der Waals surface area contributed by atoms with Gasteiger partial charge in [-0.1, -0.05) is 12.1 Å². The third kappa shape index (κ3) is 2.83. The molecule has 0 aliphatic carbocycles. The van der Waals surface area contributed by atoms with Gasteiger partial charge in [0, 0.05) is 23.4 Å². The number of anilines is 3. The Hall–Kier alpha value is -3.15. The minimum absolute atomic E-state index is 0.0123. The Bertz CT molecular complexity index is 922. The molecule has 26 heavy (non-hydrogen) atoms. The lowest BCUT2D eigenvalue weighted by Crippen LogP contribution is -2.43. The summed E-state index contributed by atoms with van der Waals surface area (Å²) in [5, 5.41) is 5.71. The van der Waals surface area contributed by atoms with Gasteiger partial charge in [0.25, 0.3) is 5.91 Å². The minimum atomic E-state index is -0.286. The number of fused-ring (bicyclic) bond motifs is 3. The van der Waals surface area contributed by atoms with Crippen LogP contribution in [0.4, 0.5) is 17.1 Å². The highest BCUT2D eigenvalue weighted by molar-refractivity contribution is 6.09. The molecule has 0 saturated carbocycles. The van der Waals surface area contributed by atoms with Crippen molar-refractivity contribution in [1.82, 2.24) is 0 Å². The number of Topliss-reactive ketones (excluding diaryl/α,β-unsaturated/α-hetero) is 1. The number of ketones is 1. The van der Waals surface area contributed by atoms with Gasteiger partial charge in [0.15, 0.2) is 5.78 Å². The van der Waals surface area contributed by atoms with E-state index in [4.69, 9.17) is 0 Å². The van der Waals surface area contributed by atoms with Gasteiger partial charge in [-0.3, -0.25) is 14.4 Å². The summed E-state index contributed by atoms with van der Waals surface area (Å²) in [6.07, 6.45) is 1.85. The maximum absolute atomic E-state index is 12.6. The first-order valence-corrected chi connectivity index (χ1v) is 8.67. The van der Waals surface area contributed by atoms with E-state index >= 15 is 0 Å². The fraction of sp³-hybridized carbons (Fsp3) is 0.250. The predicted octanol–water partition coefficient (Wildman–Crippen LogP) is 3.06. The van der Waals surface area contributed by atoms with Gasteiger partial charge < -0.3 is 15.5 Å². The van der Waals surface area contributed by atoms with Crippen LogP contribution in [0.2, 0.25) is 0 Å². The van der Waals surface area contributed by atoms with Crippen molar-refractivity contribution in [1.29, 1.82) is 0 Å². The van der Waals surface area contributed by atoms with Gasteiger partial charge in [0.1, 0.15) is 6.04 Å². The second-order valence-electron chi connectivity index (χ2n) is 6.66. The van der Waals surface area contributed by atoms with E-state index in [0.717, 1.165) is 25.1 Å². The van der Waals surface area contributed by atoms with Crippen molar-refractivity contribution < 1.29 is 14.4 Å². The summed E-state index contributed by atoms with van der Waals surface area (Å²) in [6.45, 7) is 2.34. The van der Waals surface area contributed by atoms with Gasteiger partial charge >= 0.3 is 0 Å². The molecule has 2 aliphatic heterocycles. The molecule has 1 fully saturated rings. The monoisotopic (exact) mass is 349 g/mol. The number of hydrogen-bond acceptors (Lipinski definition) is 4. The molecule has 0 spiro atoms. The standard InChI is InChI=1S/C20H19N3O3/c1-12(24)13-4-2-5-15(10-13)21-19(25)14-7-8-17-16(11-14)22-20(26)18-6-3-9-23(17)18/h2,4-5,7-8,10-11,18H,3,6,9H2,1H3,(H,21,25)(H,22,26). The minimum Gasteiger partial charge on any atom is -0.358 e. The number of amides is 2. The smallest absolute Gasteiger partial charge is 0.255 e. The number of carbonyl (C=O) groups is 3. The molecule has 1 saturated heterocycles. The van der Waals surface area contributed by atoms with E-state index in [9.17, 15) is 14.4 Å². The first kappa shape index (κ1) is 16.3. The number of benzene rings is 2. The largest absolute Gasteiger partial charge is 0.358 e. The van der Waals surface area contributed by atoms with Crippen LogP contribution in [0.15, 0.2) is 42.5 Å². The van der Waals surface area contributed by atoms with Crippen LogP contribution in [-0.2, 0) is 4.79 Å². The fourth-order valence-corrected chi connectivity index (χ4v) is 3.59. The molecular weight excluding hydrogens is 330 g/mol. The topological polar surface area (TPSA) is 78.5 Å². The summed E-state index contributed by atoms with van der Waals surface area (Å²) in [6, 6.07) is 12.1. The van der Waals surface area contributed by atoms with Gasteiger partial charge in [-0.05, 0) is 50.1 Å². The highest BCUT2D eigenvalue weighted by Crippen LogP contribution is 2.37. The molecule has 2 aromatic rings. The van der Waals surface area contributed by atoms with Crippen LogP contribution >= 0.6 is 0 Å². The Morgan fingerprint density at radius 3 is 2.81 bits per heavy atom. The molecule has 0 bridgehead atoms. The Morgan fingerprint density at radius 2 is 2.00 bits per heavy atom. The fourth-order valence-electron chi connectivity index (χ4n) is 3.59. The summed E-state index contributed by atoms with van der Waals surface area (Å²) < 4.78 is 0. The highest BCUT2D eigenvalue weighted by atomic mass is 16.2. The summed E-state index contributed by atoms with van der Waals surface area (Å²) in [4.78, 5) is 38.4. The van der Waals surface area contributed by atoms with Crippen LogP contribution in [0.25, 0.3) is 0 Å². The summed E-state index contributed by atoms with van der Waals surface area (Å²) in [5.41, 5.74) is 3.18. The molecule has 6 heteroatoms. The van der Waals surface area contributed by atoms with Crippen molar-refractivity contribution in [3.05, 3.63) is 53.6 Å². The van der Waals surface area contributed by atoms with Gasteiger partial charge in [-0.25, -0.2) is 0 Å². The van der Waals surface area contributed by atoms with Crippen LogP contribution in [-0.4, -0.2) is 30.2 Å². The highest BCUT2D eigenvalue weighted by Gasteiger charge is 2.36. The van der Waals surface area contributed by atoms with Gasteiger partial charge in [0.05, 0.1) is 11.4 Å². The molecule has 1 unspecified atom stereocenters. The van der Waals surface area contributed by atoms with Crippen molar-refractivity contribution in [3.8, 4) is 0 Å². The summed E-state index contributed by atoms with van der Waals surface area (Å²) >= 11 is 0. The van der Waals surface area contributed by atoms with Crippen LogP contribution in [0.5, 0.6) is 0 Å². The lowest BCUT2D eigenvalue weighted by molar-refractivity contribution is -0.117. The maximum atomic E-state index is 12.6. The van der Waals surface area contributed by atoms with Crippen molar-refractivity contribution >= 4 is 34.7 Å². The molecule has 2 amide bonds. The summed E-state index contributed by atoms with van der Waals surface area (Å²) in [5.74, 6) is -0.356. The molecule has 4 rings (SSSR count). The van der Waals surface area contributed by atoms with Crippen molar-refractivity contribution in [2.24, 2.45) is 0 Å². The zero-order chi connectivity index (χ0) is 18.3. The molecule has 2 N–H and O–H groups in total. The van der Waals surface area contributed by atoms with Gasteiger partial charge in [-0.15, -0.1) is 0 Å². The third-order valence-corrected chi connectivity index (χ3v) is 4.91. The van der Waals surface area contributed by atoms with E-state index in [1.807, 2.05) is 6.07 Å². The molecule has 132 valence electrons. The van der Waals surface area contributed by atoms with Crippen molar-refractivity contribution in [2.45, 2.75) is 25.8 Å². The number of nitrogens with one attached hydrogen (secondary N) is 2. The number of rotatable bonds is 3. The van der Waals surface area contributed by atoms with Crippen molar-refractivity contribution in [2.75, 3.05) is 22.1 Å². The van der Waals surface area contributed by atoms with Gasteiger partial charge in [-0.2, -0.15) is 0 Å². The lowest BCUT2D eigenvalue weighted by Gasteiger charge is -2.33. The molecule has 6 nitrogen and oxygen atoms in total. The SMILES string of the molecule is CC(=O)c1cccc(NC(=O)c2ccc3c(c2)NC(=O)C2CCCN32)c1. The van der Waals surface area contributed by atoms with E-state index in [2.05, 4.69) is 15.5 Å². The van der Waals surface area contributed by atoms with Crippen LogP contribution in [0.3, 0.4) is 0 Å². The Labute approximate surface area is 151 Å². The van der Waals surface area contributed by atoms with Crippen LogP contribution in [0.1, 0.15) is 40.5 Å². The normalized spacial score (nSPS) is 18.0. The van der Waals surface area contributed by atoms with E-state index in [0.29, 0.717) is 22.5 Å². The van der Waals surface area contributed by atoms with Crippen molar-refractivity contribution in [3.63, 3.8) is 0 Å². The molecule has 0 aromatic heterocycles. The first-order valence-electron chi connectivity index (χ1n) is 8.67. The molecule has 2 aromatic carbocycles. The number of hydrogen-bond donors (Lipinski definition) is 2. The summed E-state index contributed by atoms with van der Waals surface area (Å²) in [7, 11) is 0. The zero-order valence-electron chi connectivity index (χ0n) is 14.4. The third-order valence-electron chi connectivity index (χ3n) is 4.91. The predicted molar refractivity (Wildman–Crippen MR) is 99.8 cm³/mol.